The van der Waals surface area contributed by atoms with Gasteiger partial charge < -0.3 is 9.88 Å². The number of sulfonamides is 1. The molecular weight excluding hydrogens is 724 g/mol. The van der Waals surface area contributed by atoms with Crippen molar-refractivity contribution in [1.82, 2.24) is 19.3 Å². The van der Waals surface area contributed by atoms with Crippen LogP contribution in [-0.2, 0) is 40.1 Å². The Kier molecular flexibility index (Phi) is 11.6. The van der Waals surface area contributed by atoms with E-state index in [1.54, 1.807) is 41.3 Å². The molecule has 0 radical (unpaired) electrons. The fourth-order valence-electron chi connectivity index (χ4n) is 5.61. The number of aryl methyl sites for hydroxylation is 1. The molecule has 280 valence electrons. The molecule has 9 nitrogen and oxygen atoms in total. The molecule has 0 aliphatic carbocycles. The largest absolute Gasteiger partial charge is 0.416 e. The number of pyridine rings is 1. The monoisotopic (exact) mass is 759 g/mol. The fraction of sp³-hybridized carbons (Fsp3) is 0.297. The number of aromatic nitrogens is 3. The fourth-order valence-corrected chi connectivity index (χ4v) is 6.82. The van der Waals surface area contributed by atoms with Crippen molar-refractivity contribution < 1.29 is 44.3 Å². The highest BCUT2D eigenvalue weighted by atomic mass is 32.2. The highest BCUT2D eigenvalue weighted by molar-refractivity contribution is 7.90. The van der Waals surface area contributed by atoms with Gasteiger partial charge in [-0.3, -0.25) is 9.59 Å². The smallest absolute Gasteiger partial charge is 0.325 e. The molecule has 0 aliphatic rings. The Hall–Kier alpha value is -5.25. The molecular formula is C37H35F6N5O4S. The summed E-state index contributed by atoms with van der Waals surface area (Å²) in [6.45, 7) is 4.42. The van der Waals surface area contributed by atoms with E-state index in [1.807, 2.05) is 11.5 Å². The summed E-state index contributed by atoms with van der Waals surface area (Å²) in [5.74, 6) is -0.980. The molecule has 2 N–H and O–H groups in total. The van der Waals surface area contributed by atoms with E-state index in [4.69, 9.17) is 4.98 Å². The molecule has 16 heteroatoms. The second-order valence-corrected chi connectivity index (χ2v) is 14.0. The summed E-state index contributed by atoms with van der Waals surface area (Å²) in [6.07, 6.45) is -4.34. The molecule has 5 rings (SSSR count). The van der Waals surface area contributed by atoms with Crippen LogP contribution in [0, 0.1) is 0 Å². The van der Waals surface area contributed by atoms with E-state index in [0.717, 1.165) is 43.1 Å². The number of benzene rings is 3. The van der Waals surface area contributed by atoms with Crippen molar-refractivity contribution in [2.45, 2.75) is 76.2 Å². The van der Waals surface area contributed by atoms with Crippen molar-refractivity contribution in [2.24, 2.45) is 0 Å². The van der Waals surface area contributed by atoms with Crippen molar-refractivity contribution in [2.75, 3.05) is 5.32 Å². The number of imidazole rings is 1. The van der Waals surface area contributed by atoms with Crippen molar-refractivity contribution >= 4 is 38.7 Å². The SMILES string of the molecule is CCCCC(=O)Nc1cnc2c(c1)nc(CCCC)n2Cc1ccc(-c2ccccc2S(=O)(=O)NC(=O)c2cc(C(F)(F)F)cc(C(F)(F)F)c2)cc1. The quantitative estimate of drug-likeness (QED) is 0.116. The number of halogens is 6. The van der Waals surface area contributed by atoms with Crippen LogP contribution < -0.4 is 10.0 Å². The molecule has 53 heavy (non-hydrogen) atoms. The third kappa shape index (κ3) is 9.41. The average molecular weight is 760 g/mol. The van der Waals surface area contributed by atoms with Gasteiger partial charge in [0, 0.05) is 24.0 Å². The Morgan fingerprint density at radius 1 is 0.830 bits per heavy atom. The molecule has 5 aromatic rings. The molecule has 0 atom stereocenters. The van der Waals surface area contributed by atoms with Crippen LogP contribution in [-0.4, -0.2) is 34.8 Å². The van der Waals surface area contributed by atoms with Crippen LogP contribution in [0.4, 0.5) is 32.0 Å². The molecule has 0 spiro atoms. The number of carbonyl (C=O) groups excluding carboxylic acids is 2. The average Bonchev–Trinajstić information content (AvgIpc) is 3.44. The summed E-state index contributed by atoms with van der Waals surface area (Å²) in [4.78, 5) is 34.1. The van der Waals surface area contributed by atoms with E-state index >= 15 is 0 Å². The molecule has 3 aromatic carbocycles. The lowest BCUT2D eigenvalue weighted by atomic mass is 10.0. The van der Waals surface area contributed by atoms with Gasteiger partial charge in [-0.25, -0.2) is 23.1 Å². The first-order valence-corrected chi connectivity index (χ1v) is 18.2. The Labute approximate surface area is 301 Å². The highest BCUT2D eigenvalue weighted by Gasteiger charge is 2.38. The van der Waals surface area contributed by atoms with Gasteiger partial charge in [-0.05, 0) is 54.3 Å². The summed E-state index contributed by atoms with van der Waals surface area (Å²) in [5.41, 5.74) is -1.54. The maximum atomic E-state index is 13.4. The number of fused-ring (bicyclic) bond motifs is 1. The second kappa shape index (κ2) is 15.8. The molecule has 0 unspecified atom stereocenters. The number of amides is 2. The van der Waals surface area contributed by atoms with Gasteiger partial charge in [0.05, 0.1) is 34.5 Å². The summed E-state index contributed by atoms with van der Waals surface area (Å²) in [5, 5.41) is 2.86. The van der Waals surface area contributed by atoms with Gasteiger partial charge in [-0.1, -0.05) is 69.2 Å². The predicted octanol–water partition coefficient (Wildman–Crippen LogP) is 8.77. The van der Waals surface area contributed by atoms with Crippen LogP contribution in [0.2, 0.25) is 0 Å². The zero-order valence-electron chi connectivity index (χ0n) is 28.6. The molecule has 0 aliphatic heterocycles. The summed E-state index contributed by atoms with van der Waals surface area (Å²) >= 11 is 0. The number of unbranched alkanes of at least 4 members (excludes halogenated alkanes) is 2. The van der Waals surface area contributed by atoms with Gasteiger partial charge in [-0.15, -0.1) is 0 Å². The number of carbonyl (C=O) groups is 2. The Bertz CT molecular complexity index is 2200. The molecule has 0 fully saturated rings. The number of alkyl halides is 6. The van der Waals surface area contributed by atoms with Crippen molar-refractivity contribution in [3.63, 3.8) is 0 Å². The normalized spacial score (nSPS) is 12.2. The second-order valence-electron chi connectivity index (χ2n) is 12.4. The maximum absolute atomic E-state index is 13.4. The number of hydrogen-bond acceptors (Lipinski definition) is 6. The van der Waals surface area contributed by atoms with Gasteiger partial charge in [0.15, 0.2) is 5.65 Å². The first-order chi connectivity index (χ1) is 25.0. The van der Waals surface area contributed by atoms with E-state index in [1.165, 1.54) is 18.2 Å². The number of anilines is 1. The van der Waals surface area contributed by atoms with E-state index in [2.05, 4.69) is 17.2 Å². The van der Waals surface area contributed by atoms with E-state index in [-0.39, 0.29) is 29.7 Å². The molecule has 2 amide bonds. The molecule has 0 saturated carbocycles. The first kappa shape index (κ1) is 39.0. The van der Waals surface area contributed by atoms with E-state index in [9.17, 15) is 44.3 Å². The molecule has 0 bridgehead atoms. The Morgan fingerprint density at radius 2 is 1.47 bits per heavy atom. The lowest BCUT2D eigenvalue weighted by Gasteiger charge is -2.15. The number of rotatable bonds is 13. The Balaban J connectivity index is 1.40. The number of hydrogen-bond donors (Lipinski definition) is 2. The van der Waals surface area contributed by atoms with Crippen molar-refractivity contribution in [3.8, 4) is 11.1 Å². The summed E-state index contributed by atoms with van der Waals surface area (Å²) < 4.78 is 111. The van der Waals surface area contributed by atoms with E-state index < -0.39 is 49.9 Å². The molecule has 2 aromatic heterocycles. The van der Waals surface area contributed by atoms with E-state index in [0.29, 0.717) is 41.8 Å². The zero-order chi connectivity index (χ0) is 38.6. The van der Waals surface area contributed by atoms with Crippen LogP contribution in [0.25, 0.3) is 22.3 Å². The lowest BCUT2D eigenvalue weighted by molar-refractivity contribution is -0.143. The van der Waals surface area contributed by atoms with Crippen LogP contribution in [0.3, 0.4) is 0 Å². The first-order valence-electron chi connectivity index (χ1n) is 16.7. The third-order valence-corrected chi connectivity index (χ3v) is 9.71. The minimum Gasteiger partial charge on any atom is -0.325 e. The predicted molar refractivity (Wildman–Crippen MR) is 186 cm³/mol. The maximum Gasteiger partial charge on any atom is 0.416 e. The number of nitrogens with one attached hydrogen (secondary N) is 2. The van der Waals surface area contributed by atoms with Gasteiger partial charge in [0.2, 0.25) is 5.91 Å². The van der Waals surface area contributed by atoms with Crippen LogP contribution in [0.15, 0.2) is 83.9 Å². The number of nitrogens with zero attached hydrogens (tertiary/aromatic N) is 3. The van der Waals surface area contributed by atoms with Gasteiger partial charge in [0.1, 0.15) is 11.3 Å². The van der Waals surface area contributed by atoms with Gasteiger partial charge in [0.25, 0.3) is 15.9 Å². The standard InChI is InChI=1S/C37H35F6N5O4S/c1-3-5-11-32-46-30-20-28(45-33(49)12-6-4-2)21-44-34(30)48(32)22-23-13-15-24(16-14-23)29-9-7-8-10-31(29)53(51,52)47-35(50)25-17-26(36(38,39)40)19-27(18-25)37(41,42)43/h7-10,13-21H,3-6,11-12,22H2,1-2H3,(H,45,49)(H,47,50). The molecule has 0 saturated heterocycles. The van der Waals surface area contributed by atoms with Gasteiger partial charge >= 0.3 is 12.4 Å². The lowest BCUT2D eigenvalue weighted by Crippen LogP contribution is -2.31. The van der Waals surface area contributed by atoms with Crippen molar-refractivity contribution in [1.29, 1.82) is 0 Å². The minimum atomic E-state index is -5.23. The highest BCUT2D eigenvalue weighted by Crippen LogP contribution is 2.37. The minimum absolute atomic E-state index is 0.106. The summed E-state index contributed by atoms with van der Waals surface area (Å²) in [6, 6.07) is 14.3. The third-order valence-electron chi connectivity index (χ3n) is 8.32. The van der Waals surface area contributed by atoms with Gasteiger partial charge in [-0.2, -0.15) is 26.3 Å². The van der Waals surface area contributed by atoms with Crippen molar-refractivity contribution in [3.05, 3.63) is 107 Å². The zero-order valence-corrected chi connectivity index (χ0v) is 29.4. The topological polar surface area (TPSA) is 123 Å². The van der Waals surface area contributed by atoms with Crippen LogP contribution >= 0.6 is 0 Å². The van der Waals surface area contributed by atoms with Crippen LogP contribution in [0.5, 0.6) is 0 Å². The Morgan fingerprint density at radius 3 is 2.09 bits per heavy atom. The summed E-state index contributed by atoms with van der Waals surface area (Å²) in [7, 11) is -4.80. The van der Waals surface area contributed by atoms with Crippen LogP contribution in [0.1, 0.15) is 78.8 Å². The molecule has 2 heterocycles.